The number of H-pyrrole nitrogens is 2. The molecule has 1 heterocycles. The van der Waals surface area contributed by atoms with Crippen LogP contribution < -0.4 is 11.2 Å². The molecule has 0 aromatic carbocycles. The lowest BCUT2D eigenvalue weighted by atomic mass is 10.1. The van der Waals surface area contributed by atoms with Crippen molar-refractivity contribution < 1.29 is 72.0 Å². The van der Waals surface area contributed by atoms with E-state index in [4.69, 9.17) is 44.9 Å². The highest BCUT2D eigenvalue weighted by Gasteiger charge is 2.38. The molecule has 1 aromatic heterocycles. The van der Waals surface area contributed by atoms with Crippen molar-refractivity contribution in [1.82, 2.24) is 9.97 Å². The van der Waals surface area contributed by atoms with Crippen LogP contribution in [0.4, 0.5) is 0 Å². The van der Waals surface area contributed by atoms with Crippen molar-refractivity contribution >= 4 is 29.8 Å². The summed E-state index contributed by atoms with van der Waals surface area (Å²) in [5, 5.41) is 34.1. The smallest absolute Gasteiger partial charge is 0.394 e. The Bertz CT molecular complexity index is 862. The Balaban J connectivity index is 0. The fourth-order valence-electron chi connectivity index (χ4n) is 1.08. The van der Waals surface area contributed by atoms with E-state index in [0.29, 0.717) is 0 Å². The zero-order valence-electron chi connectivity index (χ0n) is 14.8. The highest BCUT2D eigenvalue weighted by Crippen LogP contribution is 2.64. The minimum Gasteiger partial charge on any atom is -0.394 e. The summed E-state index contributed by atoms with van der Waals surface area (Å²) in [5.74, 6) is 0. The fraction of sp³-hybridized carbons (Fsp3) is 0.444. The molecule has 0 spiro atoms. The van der Waals surface area contributed by atoms with Crippen LogP contribution in [0.15, 0.2) is 21.9 Å². The van der Waals surface area contributed by atoms with Crippen molar-refractivity contribution in [3.8, 4) is 0 Å². The Morgan fingerprint density at radius 3 is 1.68 bits per heavy atom. The fourth-order valence-corrected chi connectivity index (χ4v) is 3.62. The van der Waals surface area contributed by atoms with E-state index in [0.717, 1.165) is 0 Å². The lowest BCUT2D eigenvalue weighted by molar-refractivity contribution is -0.127. The summed E-state index contributed by atoms with van der Waals surface area (Å²) in [5.41, 5.74) is -0.855. The third kappa shape index (κ3) is 19.0. The van der Waals surface area contributed by atoms with Crippen LogP contribution >= 0.6 is 23.5 Å². The number of aliphatic hydroxyl groups is 4. The van der Waals surface area contributed by atoms with Crippen LogP contribution in [0.2, 0.25) is 0 Å². The molecule has 1 aromatic rings. The third-order valence-electron chi connectivity index (χ3n) is 2.18. The normalized spacial score (nSPS) is 14.7. The highest BCUT2D eigenvalue weighted by atomic mass is 31.3. The van der Waals surface area contributed by atoms with E-state index in [1.165, 1.54) is 12.3 Å². The summed E-state index contributed by atoms with van der Waals surface area (Å²) in [4.78, 5) is 74.6. The molecular weight excluding hydrogens is 501 g/mol. The first-order valence-electron chi connectivity index (χ1n) is 7.08. The maximum absolute atomic E-state index is 10.4. The van der Waals surface area contributed by atoms with Crippen molar-refractivity contribution in [2.75, 3.05) is 6.61 Å². The summed E-state index contributed by atoms with van der Waals surface area (Å²) in [6.07, 6.45) is -3.34. The minimum absolute atomic E-state index is 0.0869. The minimum atomic E-state index is -5.46. The molecule has 0 amide bonds. The predicted molar refractivity (Wildman–Crippen MR) is 94.9 cm³/mol. The molecule has 0 aliphatic carbocycles. The molecular formula is C9H19N2O17P3. The van der Waals surface area contributed by atoms with Gasteiger partial charge in [0.05, 0.1) is 6.61 Å². The lowest BCUT2D eigenvalue weighted by Gasteiger charge is -2.16. The second-order valence-corrected chi connectivity index (χ2v) is 8.98. The Morgan fingerprint density at radius 2 is 1.42 bits per heavy atom. The monoisotopic (exact) mass is 520 g/mol. The van der Waals surface area contributed by atoms with Crippen LogP contribution in [0.1, 0.15) is 0 Å². The summed E-state index contributed by atoms with van der Waals surface area (Å²) < 4.78 is 36.4. The van der Waals surface area contributed by atoms with Gasteiger partial charge in [-0.3, -0.25) is 9.78 Å². The molecule has 22 heteroatoms. The van der Waals surface area contributed by atoms with Crippen molar-refractivity contribution in [1.29, 1.82) is 0 Å². The van der Waals surface area contributed by atoms with Gasteiger partial charge >= 0.3 is 29.2 Å². The number of carbonyl (C=O) groups excluding carboxylic acids is 1. The van der Waals surface area contributed by atoms with Gasteiger partial charge in [-0.1, -0.05) is 0 Å². The Morgan fingerprint density at radius 1 is 0.968 bits per heavy atom. The van der Waals surface area contributed by atoms with Crippen LogP contribution in [-0.4, -0.2) is 86.1 Å². The molecule has 0 radical (unpaired) electrons. The molecule has 0 saturated carbocycles. The Hall–Kier alpha value is -1.40. The van der Waals surface area contributed by atoms with Gasteiger partial charge in [0.1, 0.15) is 18.3 Å². The van der Waals surface area contributed by atoms with E-state index < -0.39 is 54.1 Å². The second-order valence-electron chi connectivity index (χ2n) is 4.78. The molecule has 0 saturated heterocycles. The van der Waals surface area contributed by atoms with E-state index in [-0.39, 0.29) is 11.8 Å². The van der Waals surface area contributed by atoms with Crippen LogP contribution in [0, 0.1) is 0 Å². The average molecular weight is 520 g/mol. The molecule has 3 unspecified atom stereocenters. The van der Waals surface area contributed by atoms with Crippen LogP contribution in [0.3, 0.4) is 0 Å². The number of aldehydes is 1. The molecule has 31 heavy (non-hydrogen) atoms. The Labute approximate surface area is 170 Å². The van der Waals surface area contributed by atoms with Gasteiger partial charge in [0.15, 0.2) is 6.29 Å². The molecule has 0 aliphatic heterocycles. The maximum atomic E-state index is 10.4. The van der Waals surface area contributed by atoms with Crippen molar-refractivity contribution in [3.63, 3.8) is 0 Å². The average Bonchev–Trinajstić information content (AvgIpc) is 2.56. The number of nitrogens with one attached hydrogen (secondary N) is 2. The molecule has 1 rings (SSSR count). The van der Waals surface area contributed by atoms with Crippen molar-refractivity contribution in [3.05, 3.63) is 33.1 Å². The van der Waals surface area contributed by atoms with E-state index in [1.807, 2.05) is 4.98 Å². The molecule has 0 aliphatic rings. The van der Waals surface area contributed by atoms with Gasteiger partial charge in [0.25, 0.3) is 5.56 Å². The largest absolute Gasteiger partial charge is 0.490 e. The number of carbonyl (C=O) groups is 1. The van der Waals surface area contributed by atoms with Gasteiger partial charge in [-0.25, -0.2) is 18.5 Å². The molecule has 0 fully saturated rings. The van der Waals surface area contributed by atoms with E-state index in [9.17, 15) is 28.1 Å². The van der Waals surface area contributed by atoms with Gasteiger partial charge in [-0.15, -0.1) is 0 Å². The first-order chi connectivity index (χ1) is 13.8. The van der Waals surface area contributed by atoms with Gasteiger partial charge < -0.3 is 54.7 Å². The number of aromatic nitrogens is 2. The zero-order chi connectivity index (χ0) is 25.0. The number of aliphatic hydroxyl groups excluding tert-OH is 4. The molecule has 19 nitrogen and oxygen atoms in total. The number of phosphoric acid groups is 3. The van der Waals surface area contributed by atoms with Gasteiger partial charge in [-0.2, -0.15) is 8.62 Å². The number of aromatic amines is 2. The van der Waals surface area contributed by atoms with E-state index in [2.05, 4.69) is 13.6 Å². The SMILES string of the molecule is O=CC(O)C(O)C(O)CO.O=P(O)(O)OP(=O)(O)OP(=O)(O)O.O=c1cc[nH]c(=O)[nH]1. The third-order valence-corrected chi connectivity index (χ3v) is 5.53. The molecule has 0 bridgehead atoms. The van der Waals surface area contributed by atoms with Crippen molar-refractivity contribution in [2.24, 2.45) is 0 Å². The summed E-state index contributed by atoms with van der Waals surface area (Å²) >= 11 is 0. The van der Waals surface area contributed by atoms with Gasteiger partial charge in [0, 0.05) is 12.3 Å². The van der Waals surface area contributed by atoms with E-state index >= 15 is 0 Å². The predicted octanol–water partition coefficient (Wildman–Crippen LogP) is -4.37. The highest BCUT2D eigenvalue weighted by molar-refractivity contribution is 7.66. The van der Waals surface area contributed by atoms with Gasteiger partial charge in [0.2, 0.25) is 0 Å². The number of hydrogen-bond donors (Lipinski definition) is 11. The first-order valence-corrected chi connectivity index (χ1v) is 11.6. The van der Waals surface area contributed by atoms with Crippen LogP contribution in [-0.2, 0) is 27.1 Å². The van der Waals surface area contributed by atoms with E-state index in [1.54, 1.807) is 0 Å². The van der Waals surface area contributed by atoms with Crippen LogP contribution in [0.25, 0.3) is 0 Å². The standard InChI is InChI=1S/C5H10O5.C4H4N2O2.H5O10P3/c6-1-3(8)5(10)4(9)2-7;7-3-1-2-5-4(8)6-3;1-11(2,3)9-13(7,8)10-12(4,5)6/h1,3-5,7-10H,2H2;1-2H,(H2,5,6,7,8);(H,7,8)(H2,1,2,3)(H2,4,5,6). The topological polar surface area (TPSA) is 335 Å². The number of rotatable bonds is 8. The summed E-state index contributed by atoms with van der Waals surface area (Å²) in [7, 11) is -16.2. The quantitative estimate of drug-likeness (QED) is 0.114. The first kappa shape index (κ1) is 31.8. The number of hydrogen-bond acceptors (Lipinski definition) is 12. The zero-order valence-corrected chi connectivity index (χ0v) is 17.5. The maximum Gasteiger partial charge on any atom is 0.490 e. The summed E-state index contributed by atoms with van der Waals surface area (Å²) in [6, 6.07) is 1.24. The van der Waals surface area contributed by atoms with Crippen molar-refractivity contribution in [2.45, 2.75) is 18.3 Å². The lowest BCUT2D eigenvalue weighted by Crippen LogP contribution is -2.40. The molecule has 3 atom stereocenters. The second kappa shape index (κ2) is 13.9. The Kier molecular flexibility index (Phi) is 14.2. The molecule has 182 valence electrons. The molecule has 11 N–H and O–H groups in total. The van der Waals surface area contributed by atoms with Crippen LogP contribution in [0.5, 0.6) is 0 Å². The summed E-state index contributed by atoms with van der Waals surface area (Å²) in [6.45, 7) is -0.688. The van der Waals surface area contributed by atoms with Gasteiger partial charge in [-0.05, 0) is 0 Å².